The largest absolute Gasteiger partial charge is 0.463 e. The van der Waals surface area contributed by atoms with Crippen LogP contribution in [0.3, 0.4) is 0 Å². The van der Waals surface area contributed by atoms with Crippen LogP contribution in [0.2, 0.25) is 0 Å². The molecule has 1 amide bonds. The molecule has 0 rings (SSSR count). The van der Waals surface area contributed by atoms with Gasteiger partial charge in [0.2, 0.25) is 5.91 Å². The highest BCUT2D eigenvalue weighted by Crippen LogP contribution is 2.18. The molecular weight excluding hydrogens is 268 g/mol. The van der Waals surface area contributed by atoms with Crippen molar-refractivity contribution in [2.45, 2.75) is 60.5 Å². The number of ether oxygens (including phenoxy) is 1. The number of rotatable bonds is 6. The van der Waals surface area contributed by atoms with Crippen LogP contribution in [0.25, 0.3) is 0 Å². The molecule has 0 bridgehead atoms. The van der Waals surface area contributed by atoms with Crippen molar-refractivity contribution in [3.8, 4) is 0 Å². The van der Waals surface area contributed by atoms with Crippen LogP contribution in [0.1, 0.15) is 48.5 Å². The molecular formula is C16H30N2O3. The smallest absolute Gasteiger partial charge is 0.333 e. The first-order valence-electron chi connectivity index (χ1n) is 7.42. The molecule has 5 nitrogen and oxygen atoms in total. The average molecular weight is 298 g/mol. The van der Waals surface area contributed by atoms with Gasteiger partial charge in [0.25, 0.3) is 0 Å². The van der Waals surface area contributed by atoms with Gasteiger partial charge in [-0.2, -0.15) is 0 Å². The van der Waals surface area contributed by atoms with Crippen molar-refractivity contribution < 1.29 is 14.3 Å². The van der Waals surface area contributed by atoms with Gasteiger partial charge in [0, 0.05) is 5.57 Å². The number of hydrogen-bond donors (Lipinski definition) is 2. The second kappa shape index (κ2) is 8.17. The van der Waals surface area contributed by atoms with E-state index in [9.17, 15) is 9.59 Å². The van der Waals surface area contributed by atoms with Crippen LogP contribution < -0.4 is 11.1 Å². The van der Waals surface area contributed by atoms with Gasteiger partial charge in [-0.15, -0.1) is 0 Å². The van der Waals surface area contributed by atoms with Crippen LogP contribution in [-0.4, -0.2) is 30.6 Å². The lowest BCUT2D eigenvalue weighted by molar-refractivity contribution is -0.138. The van der Waals surface area contributed by atoms with Crippen molar-refractivity contribution in [3.05, 3.63) is 11.6 Å². The van der Waals surface area contributed by atoms with Crippen molar-refractivity contribution in [1.29, 1.82) is 0 Å². The van der Waals surface area contributed by atoms with E-state index in [4.69, 9.17) is 10.5 Å². The third-order valence-corrected chi connectivity index (χ3v) is 3.27. The molecule has 3 N–H and O–H groups in total. The van der Waals surface area contributed by atoms with E-state index in [0.717, 1.165) is 0 Å². The second-order valence-electron chi connectivity index (χ2n) is 6.69. The molecule has 0 aromatic heterocycles. The Morgan fingerprint density at radius 2 is 1.81 bits per heavy atom. The molecule has 0 aliphatic carbocycles. The van der Waals surface area contributed by atoms with Gasteiger partial charge in [0.1, 0.15) is 0 Å². The van der Waals surface area contributed by atoms with E-state index in [0.29, 0.717) is 12.2 Å². The lowest BCUT2D eigenvalue weighted by atomic mass is 9.86. The highest BCUT2D eigenvalue weighted by Gasteiger charge is 2.29. The van der Waals surface area contributed by atoms with E-state index >= 15 is 0 Å². The van der Waals surface area contributed by atoms with Gasteiger partial charge >= 0.3 is 5.97 Å². The Labute approximate surface area is 128 Å². The Morgan fingerprint density at radius 1 is 1.29 bits per heavy atom. The summed E-state index contributed by atoms with van der Waals surface area (Å²) in [4.78, 5) is 23.9. The SMILES string of the molecule is CCOC(=O)/C(C)=C/[C@@H](NC(=O)[C@@H](N)C(C)(C)C)C(C)C. The van der Waals surface area contributed by atoms with Gasteiger partial charge in [0.05, 0.1) is 18.7 Å². The van der Waals surface area contributed by atoms with Crippen LogP contribution in [0.5, 0.6) is 0 Å². The number of nitrogens with two attached hydrogens (primary N) is 1. The Hall–Kier alpha value is -1.36. The molecule has 122 valence electrons. The summed E-state index contributed by atoms with van der Waals surface area (Å²) in [5.41, 5.74) is 6.13. The Kier molecular flexibility index (Phi) is 7.64. The minimum atomic E-state index is -0.602. The Bertz CT molecular complexity index is 395. The van der Waals surface area contributed by atoms with Crippen LogP contribution in [0, 0.1) is 11.3 Å². The Balaban J connectivity index is 4.98. The molecule has 0 heterocycles. The standard InChI is InChI=1S/C16H30N2O3/c1-8-21-15(20)11(4)9-12(10(2)3)18-14(19)13(17)16(5,6)7/h9-10,12-13H,8,17H2,1-7H3,(H,18,19)/b11-9+/t12-,13-/m1/s1. The third kappa shape index (κ3) is 6.76. The first-order chi connectivity index (χ1) is 9.50. The molecule has 0 unspecified atom stereocenters. The van der Waals surface area contributed by atoms with Crippen LogP contribution in [-0.2, 0) is 14.3 Å². The highest BCUT2D eigenvalue weighted by molar-refractivity contribution is 5.88. The molecule has 0 aromatic rings. The van der Waals surface area contributed by atoms with Crippen molar-refractivity contribution in [2.75, 3.05) is 6.61 Å². The summed E-state index contributed by atoms with van der Waals surface area (Å²) in [6, 6.07) is -0.856. The normalized spacial score (nSPS) is 15.6. The zero-order chi connectivity index (χ0) is 16.8. The number of amides is 1. The fourth-order valence-corrected chi connectivity index (χ4v) is 1.63. The summed E-state index contributed by atoms with van der Waals surface area (Å²) in [5.74, 6) is -0.433. The number of carbonyl (C=O) groups is 2. The molecule has 0 saturated heterocycles. The molecule has 5 heteroatoms. The van der Waals surface area contributed by atoms with E-state index in [1.54, 1.807) is 19.9 Å². The summed E-state index contributed by atoms with van der Waals surface area (Å²) in [5, 5.41) is 2.90. The maximum Gasteiger partial charge on any atom is 0.333 e. The van der Waals surface area contributed by atoms with Gasteiger partial charge in [-0.3, -0.25) is 4.79 Å². The van der Waals surface area contributed by atoms with E-state index in [1.165, 1.54) is 0 Å². The molecule has 0 aliphatic heterocycles. The number of hydrogen-bond acceptors (Lipinski definition) is 4. The predicted octanol–water partition coefficient (Wildman–Crippen LogP) is 2.01. The lowest BCUT2D eigenvalue weighted by Gasteiger charge is -2.29. The molecule has 21 heavy (non-hydrogen) atoms. The van der Waals surface area contributed by atoms with E-state index in [-0.39, 0.29) is 29.3 Å². The van der Waals surface area contributed by atoms with Crippen molar-refractivity contribution in [2.24, 2.45) is 17.1 Å². The second-order valence-corrected chi connectivity index (χ2v) is 6.69. The fourth-order valence-electron chi connectivity index (χ4n) is 1.63. The average Bonchev–Trinajstić information content (AvgIpc) is 2.35. The topological polar surface area (TPSA) is 81.4 Å². The summed E-state index contributed by atoms with van der Waals surface area (Å²) in [7, 11) is 0. The van der Waals surface area contributed by atoms with Crippen LogP contribution in [0.15, 0.2) is 11.6 Å². The Morgan fingerprint density at radius 3 is 2.19 bits per heavy atom. The molecule has 0 aliphatic rings. The van der Waals surface area contributed by atoms with E-state index in [2.05, 4.69) is 5.32 Å². The van der Waals surface area contributed by atoms with Gasteiger partial charge in [0.15, 0.2) is 0 Å². The fraction of sp³-hybridized carbons (Fsp3) is 0.750. The summed E-state index contributed by atoms with van der Waals surface area (Å²) < 4.78 is 4.95. The lowest BCUT2D eigenvalue weighted by Crippen LogP contribution is -2.52. The first kappa shape index (κ1) is 19.6. The molecule has 0 spiro atoms. The predicted molar refractivity (Wildman–Crippen MR) is 84.6 cm³/mol. The maximum atomic E-state index is 12.2. The maximum absolute atomic E-state index is 12.2. The summed E-state index contributed by atoms with van der Waals surface area (Å²) in [6.07, 6.45) is 1.73. The van der Waals surface area contributed by atoms with Crippen molar-refractivity contribution >= 4 is 11.9 Å². The minimum absolute atomic E-state index is 0.144. The number of esters is 1. The number of nitrogens with one attached hydrogen (secondary N) is 1. The minimum Gasteiger partial charge on any atom is -0.463 e. The van der Waals surface area contributed by atoms with Crippen LogP contribution in [0.4, 0.5) is 0 Å². The molecule has 0 aromatic carbocycles. The zero-order valence-electron chi connectivity index (χ0n) is 14.3. The molecule has 0 fully saturated rings. The number of carbonyl (C=O) groups excluding carboxylic acids is 2. The van der Waals surface area contributed by atoms with Crippen LogP contribution >= 0.6 is 0 Å². The quantitative estimate of drug-likeness (QED) is 0.580. The third-order valence-electron chi connectivity index (χ3n) is 3.27. The van der Waals surface area contributed by atoms with Gasteiger partial charge in [-0.05, 0) is 25.2 Å². The first-order valence-corrected chi connectivity index (χ1v) is 7.42. The monoisotopic (exact) mass is 298 g/mol. The van der Waals surface area contributed by atoms with E-state index in [1.807, 2.05) is 34.6 Å². The van der Waals surface area contributed by atoms with Crippen molar-refractivity contribution in [1.82, 2.24) is 5.32 Å². The van der Waals surface area contributed by atoms with Gasteiger partial charge in [-0.25, -0.2) is 4.79 Å². The molecule has 2 atom stereocenters. The highest BCUT2D eigenvalue weighted by atomic mass is 16.5. The zero-order valence-corrected chi connectivity index (χ0v) is 14.3. The van der Waals surface area contributed by atoms with E-state index < -0.39 is 6.04 Å². The van der Waals surface area contributed by atoms with Gasteiger partial charge in [-0.1, -0.05) is 40.7 Å². The van der Waals surface area contributed by atoms with Gasteiger partial charge < -0.3 is 15.8 Å². The summed E-state index contributed by atoms with van der Waals surface area (Å²) >= 11 is 0. The van der Waals surface area contributed by atoms with Crippen molar-refractivity contribution in [3.63, 3.8) is 0 Å². The molecule has 0 saturated carbocycles. The molecule has 0 radical (unpaired) electrons. The summed E-state index contributed by atoms with van der Waals surface area (Å²) in [6.45, 7) is 13.5.